The van der Waals surface area contributed by atoms with Gasteiger partial charge in [-0.1, -0.05) is 67.0 Å². The van der Waals surface area contributed by atoms with Crippen molar-refractivity contribution in [3.63, 3.8) is 0 Å². The highest BCUT2D eigenvalue weighted by atomic mass is 79.9. The van der Waals surface area contributed by atoms with E-state index in [-0.39, 0.29) is 17.6 Å². The van der Waals surface area contributed by atoms with Crippen molar-refractivity contribution >= 4 is 43.8 Å². The van der Waals surface area contributed by atoms with Crippen LogP contribution in [0.15, 0.2) is 69.0 Å². The van der Waals surface area contributed by atoms with Crippen LogP contribution < -0.4 is 10.3 Å². The predicted molar refractivity (Wildman–Crippen MR) is 140 cm³/mol. The molecular weight excluding hydrogens is 478 g/mol. The zero-order chi connectivity index (χ0) is 23.5. The maximum Gasteiger partial charge on any atom is 0.282 e. The molecule has 0 unspecified atom stereocenters. The van der Waals surface area contributed by atoms with Crippen LogP contribution in [-0.2, 0) is 0 Å². The molecule has 0 spiro atoms. The summed E-state index contributed by atoms with van der Waals surface area (Å²) >= 11 is 3.46. The molecule has 0 saturated carbocycles. The first-order valence-electron chi connectivity index (χ1n) is 11.4. The molecule has 0 fully saturated rings. The van der Waals surface area contributed by atoms with Gasteiger partial charge in [0, 0.05) is 16.0 Å². The number of rotatable bonds is 7. The Morgan fingerprint density at radius 1 is 1.06 bits per heavy atom. The molecular formula is C27H28BrN3O2. The first-order chi connectivity index (χ1) is 15.9. The molecule has 3 aromatic carbocycles. The summed E-state index contributed by atoms with van der Waals surface area (Å²) in [6, 6.07) is 17.7. The van der Waals surface area contributed by atoms with Crippen molar-refractivity contribution in [3.8, 4) is 5.75 Å². The highest BCUT2D eigenvalue weighted by Crippen LogP contribution is 2.28. The quantitative estimate of drug-likeness (QED) is 0.257. The topological polar surface area (TPSA) is 56.5 Å². The summed E-state index contributed by atoms with van der Waals surface area (Å²) in [6.07, 6.45) is 3.54. The van der Waals surface area contributed by atoms with Crippen molar-refractivity contribution in [2.45, 2.75) is 52.6 Å². The molecule has 0 bridgehead atoms. The first-order valence-corrected chi connectivity index (χ1v) is 12.2. The third-order valence-electron chi connectivity index (χ3n) is 6.02. The van der Waals surface area contributed by atoms with Crippen LogP contribution in [-0.4, -0.2) is 22.0 Å². The average Bonchev–Trinajstić information content (AvgIpc) is 2.83. The van der Waals surface area contributed by atoms with Gasteiger partial charge < -0.3 is 4.74 Å². The number of halogens is 1. The Bertz CT molecular complexity index is 1390. The minimum atomic E-state index is -0.183. The number of fused-ring (bicyclic) bond motifs is 2. The highest BCUT2D eigenvalue weighted by Gasteiger charge is 2.16. The van der Waals surface area contributed by atoms with Gasteiger partial charge in [0.25, 0.3) is 5.56 Å². The molecule has 0 aliphatic heterocycles. The van der Waals surface area contributed by atoms with Crippen LogP contribution in [0.3, 0.4) is 0 Å². The van der Waals surface area contributed by atoms with E-state index in [2.05, 4.69) is 48.8 Å². The Kier molecular flexibility index (Phi) is 6.94. The minimum Gasteiger partial charge on any atom is -0.490 e. The van der Waals surface area contributed by atoms with Gasteiger partial charge in [0.2, 0.25) is 0 Å². The zero-order valence-electron chi connectivity index (χ0n) is 19.4. The second kappa shape index (κ2) is 9.87. The average molecular weight is 506 g/mol. The van der Waals surface area contributed by atoms with E-state index >= 15 is 0 Å². The third-order valence-corrected chi connectivity index (χ3v) is 6.52. The van der Waals surface area contributed by atoms with E-state index in [1.54, 1.807) is 12.3 Å². The Balaban J connectivity index is 1.93. The Hall–Kier alpha value is -2.99. The van der Waals surface area contributed by atoms with Crippen molar-refractivity contribution in [1.29, 1.82) is 0 Å². The molecule has 1 heterocycles. The van der Waals surface area contributed by atoms with Gasteiger partial charge in [-0.15, -0.1) is 0 Å². The lowest BCUT2D eigenvalue weighted by atomic mass is 10.0. The summed E-state index contributed by atoms with van der Waals surface area (Å²) in [6.45, 7) is 8.29. The van der Waals surface area contributed by atoms with Crippen LogP contribution in [0, 0.1) is 0 Å². The van der Waals surface area contributed by atoms with Gasteiger partial charge in [0.1, 0.15) is 11.6 Å². The zero-order valence-corrected chi connectivity index (χ0v) is 21.0. The Morgan fingerprint density at radius 2 is 1.85 bits per heavy atom. The van der Waals surface area contributed by atoms with Gasteiger partial charge in [0.15, 0.2) is 0 Å². The molecule has 6 heteroatoms. The smallest absolute Gasteiger partial charge is 0.282 e. The van der Waals surface area contributed by atoms with E-state index in [0.717, 1.165) is 39.4 Å². The lowest BCUT2D eigenvalue weighted by Crippen LogP contribution is -2.23. The summed E-state index contributed by atoms with van der Waals surface area (Å²) in [4.78, 5) is 18.3. The lowest BCUT2D eigenvalue weighted by molar-refractivity contribution is 0.217. The Morgan fingerprint density at radius 3 is 2.61 bits per heavy atom. The number of aromatic nitrogens is 2. The van der Waals surface area contributed by atoms with E-state index in [1.807, 2.05) is 43.3 Å². The van der Waals surface area contributed by atoms with Crippen LogP contribution in [0.25, 0.3) is 21.7 Å². The van der Waals surface area contributed by atoms with E-state index < -0.39 is 0 Å². The van der Waals surface area contributed by atoms with Crippen LogP contribution in [0.2, 0.25) is 0 Å². The van der Waals surface area contributed by atoms with Gasteiger partial charge in [0.05, 0.1) is 23.2 Å². The van der Waals surface area contributed by atoms with Crippen LogP contribution in [0.5, 0.6) is 5.75 Å². The van der Waals surface area contributed by atoms with Gasteiger partial charge in [-0.05, 0) is 54.8 Å². The minimum absolute atomic E-state index is 0.0661. The molecule has 0 saturated heterocycles. The number of nitrogens with zero attached hydrogens (tertiary/aromatic N) is 3. The van der Waals surface area contributed by atoms with Crippen LogP contribution >= 0.6 is 15.9 Å². The molecule has 0 aliphatic rings. The normalized spacial score (nSPS) is 13.6. The number of benzene rings is 3. The van der Waals surface area contributed by atoms with E-state index in [0.29, 0.717) is 16.7 Å². The Labute approximate surface area is 202 Å². The second-order valence-electron chi connectivity index (χ2n) is 8.34. The van der Waals surface area contributed by atoms with Crippen molar-refractivity contribution in [1.82, 2.24) is 9.66 Å². The van der Waals surface area contributed by atoms with Crippen molar-refractivity contribution in [2.75, 3.05) is 0 Å². The molecule has 170 valence electrons. The van der Waals surface area contributed by atoms with Gasteiger partial charge in [-0.2, -0.15) is 9.78 Å². The third kappa shape index (κ3) is 4.71. The van der Waals surface area contributed by atoms with Gasteiger partial charge in [-0.3, -0.25) is 4.79 Å². The predicted octanol–water partition coefficient (Wildman–Crippen LogP) is 6.89. The fraction of sp³-hybridized carbons (Fsp3) is 0.296. The largest absolute Gasteiger partial charge is 0.490 e. The molecule has 0 amide bonds. The highest BCUT2D eigenvalue weighted by molar-refractivity contribution is 9.10. The molecule has 33 heavy (non-hydrogen) atoms. The molecule has 0 N–H and O–H groups in total. The maximum atomic E-state index is 13.5. The lowest BCUT2D eigenvalue weighted by Gasteiger charge is -2.17. The summed E-state index contributed by atoms with van der Waals surface area (Å²) in [7, 11) is 0. The maximum absolute atomic E-state index is 13.5. The number of hydrogen-bond donors (Lipinski definition) is 0. The molecule has 5 nitrogen and oxygen atoms in total. The van der Waals surface area contributed by atoms with Crippen LogP contribution in [0.4, 0.5) is 0 Å². The fourth-order valence-corrected chi connectivity index (χ4v) is 4.07. The van der Waals surface area contributed by atoms with Crippen LogP contribution in [0.1, 0.15) is 57.8 Å². The summed E-state index contributed by atoms with van der Waals surface area (Å²) < 4.78 is 8.48. The SMILES string of the molecule is CC[C@@H](C)c1nc2ccc(Br)cc2c(=O)n1N=Cc1c(O[C@@H](C)CC)ccc2ccccc12. The van der Waals surface area contributed by atoms with E-state index in [9.17, 15) is 4.79 Å². The monoisotopic (exact) mass is 505 g/mol. The second-order valence-corrected chi connectivity index (χ2v) is 9.25. The van der Waals surface area contributed by atoms with Crippen molar-refractivity contribution in [2.24, 2.45) is 5.10 Å². The standard InChI is InChI=1S/C27H28BrN3O2/c1-5-17(3)26-30-24-13-12-20(28)15-22(24)27(32)31(26)29-16-23-21-10-8-7-9-19(21)11-14-25(23)33-18(4)6-2/h7-18H,5-6H2,1-4H3/t17-,18+/m1/s1. The molecule has 0 aliphatic carbocycles. The van der Waals surface area contributed by atoms with Crippen molar-refractivity contribution in [3.05, 3.63) is 80.8 Å². The molecule has 4 aromatic rings. The number of ether oxygens (including phenoxy) is 1. The summed E-state index contributed by atoms with van der Waals surface area (Å²) in [5.74, 6) is 1.48. The fourth-order valence-electron chi connectivity index (χ4n) is 3.71. The summed E-state index contributed by atoms with van der Waals surface area (Å²) in [5, 5.41) is 7.33. The number of hydrogen-bond acceptors (Lipinski definition) is 4. The van der Waals surface area contributed by atoms with Crippen molar-refractivity contribution < 1.29 is 4.74 Å². The van der Waals surface area contributed by atoms with E-state index in [1.165, 1.54) is 4.68 Å². The molecule has 2 atom stereocenters. The van der Waals surface area contributed by atoms with Gasteiger partial charge >= 0.3 is 0 Å². The summed E-state index contributed by atoms with van der Waals surface area (Å²) in [5.41, 5.74) is 1.35. The van der Waals surface area contributed by atoms with Gasteiger partial charge in [-0.25, -0.2) is 4.98 Å². The molecule has 0 radical (unpaired) electrons. The first kappa shape index (κ1) is 23.2. The molecule has 1 aromatic heterocycles. The van der Waals surface area contributed by atoms with E-state index in [4.69, 9.17) is 14.8 Å². The molecule has 4 rings (SSSR count).